The van der Waals surface area contributed by atoms with Gasteiger partial charge in [0.1, 0.15) is 0 Å². The molecular formula is C13H26O3. The van der Waals surface area contributed by atoms with Gasteiger partial charge in [-0.05, 0) is 44.9 Å². The van der Waals surface area contributed by atoms with Crippen molar-refractivity contribution in [2.45, 2.75) is 64.8 Å². The van der Waals surface area contributed by atoms with Crippen molar-refractivity contribution in [2.75, 3.05) is 13.2 Å². The van der Waals surface area contributed by atoms with E-state index in [0.29, 0.717) is 12.5 Å². The molecule has 3 atom stereocenters. The van der Waals surface area contributed by atoms with E-state index in [-0.39, 0.29) is 12.4 Å². The van der Waals surface area contributed by atoms with Crippen molar-refractivity contribution in [3.05, 3.63) is 0 Å². The highest BCUT2D eigenvalue weighted by atomic mass is 16.7. The molecule has 96 valence electrons. The maximum Gasteiger partial charge on any atom is 0.157 e. The molecule has 0 amide bonds. The Morgan fingerprint density at radius 1 is 1.38 bits per heavy atom. The monoisotopic (exact) mass is 230 g/mol. The third-order valence-corrected chi connectivity index (χ3v) is 3.34. The summed E-state index contributed by atoms with van der Waals surface area (Å²) in [4.78, 5) is 0. The summed E-state index contributed by atoms with van der Waals surface area (Å²) in [5, 5.41) is 9.09. The van der Waals surface area contributed by atoms with Crippen LogP contribution in [0.15, 0.2) is 0 Å². The molecule has 1 rings (SSSR count). The Bertz CT molecular complexity index is 163. The van der Waals surface area contributed by atoms with Crippen LogP contribution in [-0.4, -0.2) is 30.7 Å². The highest BCUT2D eigenvalue weighted by molar-refractivity contribution is 4.61. The molecule has 0 aromatic heterocycles. The Morgan fingerprint density at radius 2 is 2.19 bits per heavy atom. The molecule has 0 aliphatic carbocycles. The van der Waals surface area contributed by atoms with E-state index >= 15 is 0 Å². The highest BCUT2D eigenvalue weighted by Gasteiger charge is 2.17. The Balaban J connectivity index is 2.11. The first-order chi connectivity index (χ1) is 7.76. The van der Waals surface area contributed by atoms with E-state index in [0.717, 1.165) is 38.7 Å². The van der Waals surface area contributed by atoms with Crippen LogP contribution in [0.1, 0.15) is 52.4 Å². The molecule has 0 unspecified atom stereocenters. The van der Waals surface area contributed by atoms with Crippen LogP contribution in [-0.2, 0) is 9.47 Å². The third-order valence-electron chi connectivity index (χ3n) is 3.34. The lowest BCUT2D eigenvalue weighted by molar-refractivity contribution is -0.186. The molecule has 0 bridgehead atoms. The van der Waals surface area contributed by atoms with Gasteiger partial charge in [0.25, 0.3) is 0 Å². The van der Waals surface area contributed by atoms with Crippen molar-refractivity contribution in [1.82, 2.24) is 0 Å². The van der Waals surface area contributed by atoms with E-state index in [4.69, 9.17) is 14.6 Å². The van der Waals surface area contributed by atoms with Gasteiger partial charge < -0.3 is 14.6 Å². The Kier molecular flexibility index (Phi) is 7.01. The lowest BCUT2D eigenvalue weighted by Gasteiger charge is -2.26. The fourth-order valence-corrected chi connectivity index (χ4v) is 2.04. The normalized spacial score (nSPS) is 25.3. The number of aliphatic hydroxyl groups is 1. The summed E-state index contributed by atoms with van der Waals surface area (Å²) < 4.78 is 11.4. The average molecular weight is 230 g/mol. The van der Waals surface area contributed by atoms with E-state index in [9.17, 15) is 0 Å². The Hall–Kier alpha value is -0.120. The molecule has 3 nitrogen and oxygen atoms in total. The van der Waals surface area contributed by atoms with Crippen molar-refractivity contribution in [3.8, 4) is 0 Å². The predicted molar refractivity (Wildman–Crippen MR) is 64.2 cm³/mol. The van der Waals surface area contributed by atoms with Crippen LogP contribution in [0.4, 0.5) is 0 Å². The summed E-state index contributed by atoms with van der Waals surface area (Å²) in [5.41, 5.74) is 0. The Morgan fingerprint density at radius 3 is 2.75 bits per heavy atom. The van der Waals surface area contributed by atoms with Gasteiger partial charge >= 0.3 is 0 Å². The minimum atomic E-state index is 0.0120. The molecule has 1 saturated heterocycles. The van der Waals surface area contributed by atoms with Crippen molar-refractivity contribution in [3.63, 3.8) is 0 Å². The lowest BCUT2D eigenvalue weighted by Crippen LogP contribution is -2.26. The summed E-state index contributed by atoms with van der Waals surface area (Å²) in [6.45, 7) is 5.35. The number of aliphatic hydroxyl groups excluding tert-OH is 1. The third kappa shape index (κ3) is 5.28. The Labute approximate surface area is 99.1 Å². The zero-order valence-corrected chi connectivity index (χ0v) is 10.7. The number of ether oxygens (including phenoxy) is 2. The molecule has 0 aromatic rings. The van der Waals surface area contributed by atoms with Gasteiger partial charge in [-0.2, -0.15) is 0 Å². The second-order valence-corrected chi connectivity index (χ2v) is 4.78. The largest absolute Gasteiger partial charge is 0.396 e. The molecular weight excluding hydrogens is 204 g/mol. The topological polar surface area (TPSA) is 38.7 Å². The summed E-state index contributed by atoms with van der Waals surface area (Å²) in [6.07, 6.45) is 6.76. The fourth-order valence-electron chi connectivity index (χ4n) is 2.04. The first-order valence-electron chi connectivity index (χ1n) is 6.64. The smallest absolute Gasteiger partial charge is 0.157 e. The van der Waals surface area contributed by atoms with Crippen LogP contribution in [0.2, 0.25) is 0 Å². The first kappa shape index (κ1) is 13.9. The lowest BCUT2D eigenvalue weighted by atomic mass is 10.00. The fraction of sp³-hybridized carbons (Fsp3) is 1.00. The summed E-state index contributed by atoms with van der Waals surface area (Å²) >= 11 is 0. The number of rotatable bonds is 7. The van der Waals surface area contributed by atoms with E-state index in [1.165, 1.54) is 6.42 Å². The SMILES string of the molecule is CC[C@H](CO)CC[C@H](C)O[C@@H]1CCCCO1. The van der Waals surface area contributed by atoms with Crippen molar-refractivity contribution in [2.24, 2.45) is 5.92 Å². The number of hydrogen-bond donors (Lipinski definition) is 1. The molecule has 1 heterocycles. The minimum Gasteiger partial charge on any atom is -0.396 e. The van der Waals surface area contributed by atoms with Crippen molar-refractivity contribution < 1.29 is 14.6 Å². The van der Waals surface area contributed by atoms with Crippen molar-refractivity contribution in [1.29, 1.82) is 0 Å². The predicted octanol–water partition coefficient (Wildman–Crippen LogP) is 2.72. The van der Waals surface area contributed by atoms with Gasteiger partial charge in [-0.1, -0.05) is 13.3 Å². The van der Waals surface area contributed by atoms with Gasteiger partial charge in [-0.25, -0.2) is 0 Å². The van der Waals surface area contributed by atoms with E-state index in [1.54, 1.807) is 0 Å². The average Bonchev–Trinajstić information content (AvgIpc) is 2.31. The first-order valence-corrected chi connectivity index (χ1v) is 6.64. The molecule has 1 fully saturated rings. The van der Waals surface area contributed by atoms with Crippen LogP contribution < -0.4 is 0 Å². The van der Waals surface area contributed by atoms with Crippen LogP contribution in [0.25, 0.3) is 0 Å². The van der Waals surface area contributed by atoms with Crippen molar-refractivity contribution >= 4 is 0 Å². The van der Waals surface area contributed by atoms with Crippen LogP contribution in [0.3, 0.4) is 0 Å². The van der Waals surface area contributed by atoms with Crippen LogP contribution in [0.5, 0.6) is 0 Å². The van der Waals surface area contributed by atoms with Gasteiger partial charge in [-0.15, -0.1) is 0 Å². The zero-order valence-electron chi connectivity index (χ0n) is 10.7. The summed E-state index contributed by atoms with van der Waals surface area (Å²) in [6, 6.07) is 0. The maximum absolute atomic E-state index is 9.09. The van der Waals surface area contributed by atoms with E-state index in [2.05, 4.69) is 13.8 Å². The van der Waals surface area contributed by atoms with E-state index < -0.39 is 0 Å². The van der Waals surface area contributed by atoms with E-state index in [1.807, 2.05) is 0 Å². The molecule has 0 spiro atoms. The van der Waals surface area contributed by atoms with Gasteiger partial charge in [0.2, 0.25) is 0 Å². The molecule has 0 radical (unpaired) electrons. The van der Waals surface area contributed by atoms with Crippen LogP contribution in [0, 0.1) is 5.92 Å². The summed E-state index contributed by atoms with van der Waals surface area (Å²) in [7, 11) is 0. The molecule has 1 aliphatic heterocycles. The molecule has 16 heavy (non-hydrogen) atoms. The molecule has 1 N–H and O–H groups in total. The molecule has 3 heteroatoms. The number of hydrogen-bond acceptors (Lipinski definition) is 3. The standard InChI is InChI=1S/C13H26O3/c1-3-12(10-14)8-7-11(2)16-13-6-4-5-9-15-13/h11-14H,3-10H2,1-2H3/t11-,12-,13+/m0/s1. The summed E-state index contributed by atoms with van der Waals surface area (Å²) in [5.74, 6) is 0.429. The molecule has 0 saturated carbocycles. The van der Waals surface area contributed by atoms with Gasteiger partial charge in [0.15, 0.2) is 6.29 Å². The highest BCUT2D eigenvalue weighted by Crippen LogP contribution is 2.19. The molecule has 1 aliphatic rings. The second kappa shape index (κ2) is 8.04. The quantitative estimate of drug-likeness (QED) is 0.731. The van der Waals surface area contributed by atoms with Crippen LogP contribution >= 0.6 is 0 Å². The van der Waals surface area contributed by atoms with Gasteiger partial charge in [0.05, 0.1) is 6.10 Å². The zero-order chi connectivity index (χ0) is 11.8. The maximum atomic E-state index is 9.09. The van der Waals surface area contributed by atoms with Gasteiger partial charge in [-0.3, -0.25) is 0 Å². The van der Waals surface area contributed by atoms with Gasteiger partial charge in [0, 0.05) is 13.2 Å². The molecule has 0 aromatic carbocycles. The minimum absolute atomic E-state index is 0.0120. The second-order valence-electron chi connectivity index (χ2n) is 4.78.